The molecule has 0 saturated carbocycles. The summed E-state index contributed by atoms with van der Waals surface area (Å²) < 4.78 is 13.3. The van der Waals surface area contributed by atoms with Gasteiger partial charge in [-0.2, -0.15) is 0 Å². The molecule has 0 aromatic heterocycles. The molecule has 1 saturated heterocycles. The second kappa shape index (κ2) is 7.45. The van der Waals surface area contributed by atoms with Crippen LogP contribution in [0.1, 0.15) is 48.9 Å². The number of hydrogen-bond donors (Lipinski definition) is 0. The fourth-order valence-electron chi connectivity index (χ4n) is 3.99. The molecule has 26 heavy (non-hydrogen) atoms. The van der Waals surface area contributed by atoms with E-state index in [4.69, 9.17) is 0 Å². The van der Waals surface area contributed by atoms with Gasteiger partial charge < -0.3 is 4.90 Å². The van der Waals surface area contributed by atoms with Crippen molar-refractivity contribution >= 4 is 5.91 Å². The van der Waals surface area contributed by atoms with Crippen LogP contribution >= 0.6 is 0 Å². The maximum atomic E-state index is 13.3. The monoisotopic (exact) mass is 351 g/mol. The zero-order valence-electron chi connectivity index (χ0n) is 15.5. The summed E-state index contributed by atoms with van der Waals surface area (Å²) in [5.41, 5.74) is 3.11. The Morgan fingerprint density at radius 1 is 1.19 bits per heavy atom. The third-order valence-corrected chi connectivity index (χ3v) is 5.66. The lowest BCUT2D eigenvalue weighted by molar-refractivity contribution is -0.138. The summed E-state index contributed by atoms with van der Waals surface area (Å²) in [5, 5.41) is 0. The van der Waals surface area contributed by atoms with Crippen LogP contribution in [0.2, 0.25) is 0 Å². The second-order valence-corrected chi connectivity index (χ2v) is 7.38. The topological polar surface area (TPSA) is 20.3 Å². The van der Waals surface area contributed by atoms with Crippen molar-refractivity contribution in [2.45, 2.75) is 44.6 Å². The molecule has 1 fully saturated rings. The highest BCUT2D eigenvalue weighted by molar-refractivity contribution is 5.79. The first-order valence-corrected chi connectivity index (χ1v) is 9.18. The lowest BCUT2D eigenvalue weighted by Crippen LogP contribution is -2.47. The summed E-state index contributed by atoms with van der Waals surface area (Å²) in [6, 6.07) is 15.0. The molecule has 0 aliphatic carbocycles. The number of aryl methyl sites for hydroxylation is 1. The van der Waals surface area contributed by atoms with E-state index in [1.165, 1.54) is 17.7 Å². The third-order valence-electron chi connectivity index (χ3n) is 5.66. The van der Waals surface area contributed by atoms with Crippen LogP contribution in [0.5, 0.6) is 0 Å². The van der Waals surface area contributed by atoms with E-state index >= 15 is 0 Å². The lowest BCUT2D eigenvalue weighted by Gasteiger charge is -2.43. The number of amides is 1. The Morgan fingerprint density at radius 2 is 1.85 bits per heavy atom. The molecule has 0 spiro atoms. The maximum Gasteiger partial charge on any atom is 0.223 e. The molecule has 0 N–H and O–H groups in total. The van der Waals surface area contributed by atoms with Gasteiger partial charge in [0, 0.05) is 18.4 Å². The van der Waals surface area contributed by atoms with Crippen molar-refractivity contribution in [1.82, 2.24) is 4.90 Å². The molecule has 1 heterocycles. The SMILES string of the molecule is C=CC[C@]1(c2ccc(F)cc2)CCN([C@H](C)c2ccc(C)cc2)C(=O)C1. The molecule has 3 heteroatoms. The van der Waals surface area contributed by atoms with Crippen LogP contribution in [-0.4, -0.2) is 17.4 Å². The van der Waals surface area contributed by atoms with E-state index in [2.05, 4.69) is 44.7 Å². The first-order chi connectivity index (χ1) is 12.4. The Kier molecular flexibility index (Phi) is 5.26. The van der Waals surface area contributed by atoms with Crippen molar-refractivity contribution < 1.29 is 9.18 Å². The number of benzene rings is 2. The van der Waals surface area contributed by atoms with Crippen molar-refractivity contribution in [2.24, 2.45) is 0 Å². The quantitative estimate of drug-likeness (QED) is 0.667. The summed E-state index contributed by atoms with van der Waals surface area (Å²) in [4.78, 5) is 15.0. The van der Waals surface area contributed by atoms with Gasteiger partial charge in [0.1, 0.15) is 5.82 Å². The largest absolute Gasteiger partial charge is 0.336 e. The predicted molar refractivity (Wildman–Crippen MR) is 103 cm³/mol. The molecule has 1 amide bonds. The standard InChI is InChI=1S/C23H26FNO/c1-4-13-23(20-9-11-21(24)12-10-20)14-15-25(22(26)16-23)18(3)19-7-5-17(2)6-8-19/h4-12,18H,1,13-16H2,2-3H3/t18-,23+/m1/s1. The average molecular weight is 351 g/mol. The molecule has 1 aliphatic heterocycles. The highest BCUT2D eigenvalue weighted by Crippen LogP contribution is 2.41. The number of halogens is 1. The predicted octanol–water partition coefficient (Wildman–Crippen LogP) is 5.33. The fourth-order valence-corrected chi connectivity index (χ4v) is 3.99. The molecule has 2 aromatic rings. The van der Waals surface area contributed by atoms with Crippen molar-refractivity contribution in [3.8, 4) is 0 Å². The molecular formula is C23H26FNO. The van der Waals surface area contributed by atoms with Crippen LogP contribution in [0.25, 0.3) is 0 Å². The average Bonchev–Trinajstić information content (AvgIpc) is 2.63. The maximum absolute atomic E-state index is 13.3. The van der Waals surface area contributed by atoms with Gasteiger partial charge in [-0.05, 0) is 49.9 Å². The van der Waals surface area contributed by atoms with E-state index in [0.29, 0.717) is 13.0 Å². The van der Waals surface area contributed by atoms with E-state index in [1.54, 1.807) is 0 Å². The van der Waals surface area contributed by atoms with E-state index in [9.17, 15) is 9.18 Å². The van der Waals surface area contributed by atoms with Gasteiger partial charge >= 0.3 is 0 Å². The summed E-state index contributed by atoms with van der Waals surface area (Å²) in [6.07, 6.45) is 3.88. The second-order valence-electron chi connectivity index (χ2n) is 7.38. The Labute approximate surface area is 155 Å². The highest BCUT2D eigenvalue weighted by atomic mass is 19.1. The minimum atomic E-state index is -0.282. The summed E-state index contributed by atoms with van der Waals surface area (Å²) in [6.45, 7) is 8.72. The zero-order chi connectivity index (χ0) is 18.7. The smallest absolute Gasteiger partial charge is 0.223 e. The van der Waals surface area contributed by atoms with Gasteiger partial charge in [0.15, 0.2) is 0 Å². The molecule has 2 aromatic carbocycles. The normalized spacial score (nSPS) is 21.5. The third kappa shape index (κ3) is 3.57. The molecular weight excluding hydrogens is 325 g/mol. The van der Waals surface area contributed by atoms with E-state index < -0.39 is 0 Å². The Balaban J connectivity index is 1.83. The van der Waals surface area contributed by atoms with Crippen LogP contribution < -0.4 is 0 Å². The van der Waals surface area contributed by atoms with Crippen LogP contribution in [0.4, 0.5) is 4.39 Å². The van der Waals surface area contributed by atoms with Gasteiger partial charge in [-0.15, -0.1) is 6.58 Å². The van der Waals surface area contributed by atoms with Crippen LogP contribution in [-0.2, 0) is 10.2 Å². The van der Waals surface area contributed by atoms with Crippen molar-refractivity contribution in [3.05, 3.63) is 83.7 Å². The Hall–Kier alpha value is -2.42. The molecule has 2 atom stereocenters. The summed E-state index contributed by atoms with van der Waals surface area (Å²) in [5.74, 6) is -0.102. The summed E-state index contributed by atoms with van der Waals surface area (Å²) >= 11 is 0. The number of nitrogens with zero attached hydrogens (tertiary/aromatic N) is 1. The highest BCUT2D eigenvalue weighted by Gasteiger charge is 2.40. The first-order valence-electron chi connectivity index (χ1n) is 9.18. The molecule has 136 valence electrons. The van der Waals surface area contributed by atoms with Crippen LogP contribution in [0.15, 0.2) is 61.2 Å². The molecule has 2 nitrogen and oxygen atoms in total. The van der Waals surface area contributed by atoms with Gasteiger partial charge in [0.05, 0.1) is 6.04 Å². The van der Waals surface area contributed by atoms with Gasteiger partial charge in [-0.3, -0.25) is 4.79 Å². The van der Waals surface area contributed by atoms with E-state index in [1.807, 2.05) is 23.1 Å². The number of allylic oxidation sites excluding steroid dienone is 1. The Bertz CT molecular complexity index is 781. The molecule has 3 rings (SSSR count). The lowest BCUT2D eigenvalue weighted by atomic mass is 9.70. The minimum Gasteiger partial charge on any atom is -0.336 e. The zero-order valence-corrected chi connectivity index (χ0v) is 15.5. The molecule has 0 bridgehead atoms. The van der Waals surface area contributed by atoms with E-state index in [0.717, 1.165) is 24.0 Å². The number of rotatable bonds is 5. The molecule has 1 aliphatic rings. The van der Waals surface area contributed by atoms with Gasteiger partial charge in [0.25, 0.3) is 0 Å². The molecule has 0 unspecified atom stereocenters. The van der Waals surface area contributed by atoms with Crippen LogP contribution in [0.3, 0.4) is 0 Å². The van der Waals surface area contributed by atoms with Crippen molar-refractivity contribution in [1.29, 1.82) is 0 Å². The van der Waals surface area contributed by atoms with Gasteiger partial charge in [0.2, 0.25) is 5.91 Å². The van der Waals surface area contributed by atoms with Crippen molar-refractivity contribution in [3.63, 3.8) is 0 Å². The number of carbonyl (C=O) groups is 1. The van der Waals surface area contributed by atoms with Crippen LogP contribution in [0, 0.1) is 12.7 Å². The minimum absolute atomic E-state index is 0.0537. The number of hydrogen-bond acceptors (Lipinski definition) is 1. The number of piperidine rings is 1. The van der Waals surface area contributed by atoms with E-state index in [-0.39, 0.29) is 23.2 Å². The molecule has 0 radical (unpaired) electrons. The number of likely N-dealkylation sites (tertiary alicyclic amines) is 1. The summed E-state index contributed by atoms with van der Waals surface area (Å²) in [7, 11) is 0. The Morgan fingerprint density at radius 3 is 2.42 bits per heavy atom. The number of carbonyl (C=O) groups excluding carboxylic acids is 1. The van der Waals surface area contributed by atoms with Crippen molar-refractivity contribution in [2.75, 3.05) is 6.54 Å². The first kappa shape index (κ1) is 18.4. The fraction of sp³-hybridized carbons (Fsp3) is 0.348. The van der Waals surface area contributed by atoms with Gasteiger partial charge in [-0.25, -0.2) is 4.39 Å². The van der Waals surface area contributed by atoms with Gasteiger partial charge in [-0.1, -0.05) is 48.0 Å².